The van der Waals surface area contributed by atoms with Crippen LogP contribution < -0.4 is 5.01 Å². The predicted molar refractivity (Wildman–Crippen MR) is 125 cm³/mol. The van der Waals surface area contributed by atoms with Gasteiger partial charge in [-0.25, -0.2) is 10.0 Å². The molecule has 0 spiro atoms. The summed E-state index contributed by atoms with van der Waals surface area (Å²) in [6.45, 7) is 0. The number of benzene rings is 4. The van der Waals surface area contributed by atoms with Gasteiger partial charge in [0.2, 0.25) is 0 Å². The van der Waals surface area contributed by atoms with E-state index in [1.54, 1.807) is 0 Å². The third kappa shape index (κ3) is 3.51. The lowest BCUT2D eigenvalue weighted by Crippen LogP contribution is -2.13. The van der Waals surface area contributed by atoms with Gasteiger partial charge < -0.3 is 0 Å². The Bertz CT molecular complexity index is 1250. The van der Waals surface area contributed by atoms with Crippen molar-refractivity contribution in [3.05, 3.63) is 131 Å². The number of hydrogen-bond acceptors (Lipinski definition) is 3. The first-order valence-electron chi connectivity index (χ1n) is 9.73. The van der Waals surface area contributed by atoms with Crippen molar-refractivity contribution in [2.75, 3.05) is 5.01 Å². The molecule has 0 aliphatic carbocycles. The molecule has 0 saturated carbocycles. The number of amidine groups is 1. The Morgan fingerprint density at radius 2 is 1.30 bits per heavy atom. The highest BCUT2D eigenvalue weighted by molar-refractivity contribution is 6.31. The van der Waals surface area contributed by atoms with E-state index in [0.717, 1.165) is 33.8 Å². The van der Waals surface area contributed by atoms with Crippen LogP contribution in [0.15, 0.2) is 119 Å². The summed E-state index contributed by atoms with van der Waals surface area (Å²) >= 11 is 6.31. The van der Waals surface area contributed by atoms with Crippen LogP contribution in [0, 0.1) is 0 Å². The lowest BCUT2D eigenvalue weighted by molar-refractivity contribution is 1.08. The van der Waals surface area contributed by atoms with Gasteiger partial charge in [0.15, 0.2) is 5.84 Å². The van der Waals surface area contributed by atoms with Gasteiger partial charge >= 0.3 is 0 Å². The van der Waals surface area contributed by atoms with Gasteiger partial charge in [0, 0.05) is 21.7 Å². The van der Waals surface area contributed by atoms with Crippen molar-refractivity contribution in [3.63, 3.8) is 0 Å². The molecule has 0 atom stereocenters. The van der Waals surface area contributed by atoms with Gasteiger partial charge in [-0.2, -0.15) is 0 Å². The summed E-state index contributed by atoms with van der Waals surface area (Å²) < 4.78 is 0. The maximum absolute atomic E-state index is 6.31. The van der Waals surface area contributed by atoms with Gasteiger partial charge in [-0.1, -0.05) is 90.5 Å². The maximum atomic E-state index is 6.31. The molecule has 0 radical (unpaired) electrons. The molecule has 1 aliphatic rings. The van der Waals surface area contributed by atoms with Crippen molar-refractivity contribution in [3.8, 4) is 0 Å². The number of hydrogen-bond donors (Lipinski definition) is 0. The lowest BCUT2D eigenvalue weighted by Gasteiger charge is -2.21. The molecule has 0 aromatic heterocycles. The molecule has 4 heteroatoms. The summed E-state index contributed by atoms with van der Waals surface area (Å²) in [5.41, 5.74) is 5.68. The second-order valence-electron chi connectivity index (χ2n) is 6.92. The second-order valence-corrected chi connectivity index (χ2v) is 7.36. The van der Waals surface area contributed by atoms with E-state index in [2.05, 4.69) is 12.1 Å². The molecule has 0 bridgehead atoms. The molecule has 1 heterocycles. The molecule has 0 fully saturated rings. The van der Waals surface area contributed by atoms with Crippen LogP contribution in [0.1, 0.15) is 16.7 Å². The van der Waals surface area contributed by atoms with Crippen molar-refractivity contribution in [1.29, 1.82) is 0 Å². The molecule has 3 nitrogen and oxygen atoms in total. The average Bonchev–Trinajstić information content (AvgIpc) is 2.98. The second kappa shape index (κ2) is 7.97. The largest absolute Gasteiger partial charge is 0.231 e. The monoisotopic (exact) mass is 407 g/mol. The summed E-state index contributed by atoms with van der Waals surface area (Å²) in [6.07, 6.45) is 0. The van der Waals surface area contributed by atoms with Gasteiger partial charge in [0.1, 0.15) is 0 Å². The fourth-order valence-corrected chi connectivity index (χ4v) is 3.72. The Labute approximate surface area is 180 Å². The highest BCUT2D eigenvalue weighted by Crippen LogP contribution is 2.33. The van der Waals surface area contributed by atoms with Crippen LogP contribution in [0.3, 0.4) is 0 Å². The fraction of sp³-hybridized carbons (Fsp3) is 0. The van der Waals surface area contributed by atoms with Crippen LogP contribution in [0.4, 0.5) is 11.4 Å². The molecule has 1 aliphatic heterocycles. The van der Waals surface area contributed by atoms with Crippen molar-refractivity contribution >= 4 is 34.5 Å². The van der Waals surface area contributed by atoms with Gasteiger partial charge in [0.25, 0.3) is 0 Å². The molecule has 0 saturated heterocycles. The molecular weight excluding hydrogens is 390 g/mol. The molecule has 4 aromatic carbocycles. The Balaban J connectivity index is 1.79. The highest BCUT2D eigenvalue weighted by Gasteiger charge is 2.23. The van der Waals surface area contributed by atoms with Crippen molar-refractivity contribution in [2.24, 2.45) is 10.1 Å². The smallest absolute Gasteiger partial charge is 0.180 e. The summed E-state index contributed by atoms with van der Waals surface area (Å²) in [4.78, 5) is 5.04. The molecule has 30 heavy (non-hydrogen) atoms. The predicted octanol–water partition coefficient (Wildman–Crippen LogP) is 6.69. The van der Waals surface area contributed by atoms with E-state index in [4.69, 9.17) is 21.7 Å². The van der Waals surface area contributed by atoms with Crippen LogP contribution in [0.2, 0.25) is 5.02 Å². The Morgan fingerprint density at radius 1 is 0.633 bits per heavy atom. The minimum atomic E-state index is 0.644. The number of rotatable bonds is 3. The summed E-state index contributed by atoms with van der Waals surface area (Å²) in [6, 6.07) is 36.1. The highest BCUT2D eigenvalue weighted by atomic mass is 35.5. The number of anilines is 2. The number of nitrogens with zero attached hydrogens (tertiary/aromatic N) is 3. The molecule has 0 N–H and O–H groups in total. The van der Waals surface area contributed by atoms with E-state index in [-0.39, 0.29) is 0 Å². The lowest BCUT2D eigenvalue weighted by atomic mass is 10.00. The Morgan fingerprint density at radius 3 is 2.07 bits per heavy atom. The standard InChI is InChI=1S/C26H18ClN3/c27-21-13-9-12-20(18-21)25-23-16-7-8-17-24(23)30(22-14-5-2-6-15-22)29-26(28-25)19-10-3-1-4-11-19/h1-18H. The van der Waals surface area contributed by atoms with Gasteiger partial charge in [-0.3, -0.25) is 0 Å². The zero-order chi connectivity index (χ0) is 20.3. The fourth-order valence-electron chi connectivity index (χ4n) is 3.53. The average molecular weight is 408 g/mol. The van der Waals surface area contributed by atoms with E-state index < -0.39 is 0 Å². The Hall–Kier alpha value is -3.69. The SMILES string of the molecule is Clc1cccc(C2=NC(c3ccccc3)=NN(c3ccccc3)c3ccccc32)c1. The normalized spacial score (nSPS) is 13.2. The molecular formula is C26H18ClN3. The number of para-hydroxylation sites is 2. The van der Waals surface area contributed by atoms with Crippen molar-refractivity contribution in [2.45, 2.75) is 0 Å². The molecule has 5 rings (SSSR count). The first-order chi connectivity index (χ1) is 14.8. The summed E-state index contributed by atoms with van der Waals surface area (Å²) in [5.74, 6) is 0.644. The topological polar surface area (TPSA) is 28.0 Å². The maximum Gasteiger partial charge on any atom is 0.180 e. The van der Waals surface area contributed by atoms with E-state index in [1.807, 2.05) is 102 Å². The molecule has 144 valence electrons. The van der Waals surface area contributed by atoms with Crippen molar-refractivity contribution < 1.29 is 0 Å². The first-order valence-corrected chi connectivity index (χ1v) is 10.1. The number of halogens is 1. The molecule has 0 amide bonds. The molecule has 4 aromatic rings. The van der Waals surface area contributed by atoms with Gasteiger partial charge in [0.05, 0.1) is 17.1 Å². The third-order valence-corrected chi connectivity index (χ3v) is 5.17. The van der Waals surface area contributed by atoms with Crippen LogP contribution in [0.25, 0.3) is 0 Å². The zero-order valence-electron chi connectivity index (χ0n) is 16.1. The van der Waals surface area contributed by atoms with Crippen molar-refractivity contribution in [1.82, 2.24) is 0 Å². The third-order valence-electron chi connectivity index (χ3n) is 4.93. The summed E-state index contributed by atoms with van der Waals surface area (Å²) in [7, 11) is 0. The van der Waals surface area contributed by atoms with Crippen LogP contribution in [0.5, 0.6) is 0 Å². The zero-order valence-corrected chi connectivity index (χ0v) is 16.9. The summed E-state index contributed by atoms with van der Waals surface area (Å²) in [5, 5.41) is 7.62. The van der Waals surface area contributed by atoms with Gasteiger partial charge in [-0.15, -0.1) is 5.10 Å². The first kappa shape index (κ1) is 18.3. The molecule has 0 unspecified atom stereocenters. The van der Waals surface area contributed by atoms with Crippen LogP contribution in [-0.4, -0.2) is 11.5 Å². The van der Waals surface area contributed by atoms with E-state index in [9.17, 15) is 0 Å². The van der Waals surface area contributed by atoms with Crippen LogP contribution in [-0.2, 0) is 0 Å². The minimum Gasteiger partial charge on any atom is -0.231 e. The number of aliphatic imine (C=N–C) groups is 1. The van der Waals surface area contributed by atoms with Gasteiger partial charge in [-0.05, 0) is 30.3 Å². The van der Waals surface area contributed by atoms with E-state index in [1.165, 1.54) is 0 Å². The number of hydrazone groups is 1. The van der Waals surface area contributed by atoms with E-state index >= 15 is 0 Å². The Kier molecular flexibility index (Phi) is 4.88. The minimum absolute atomic E-state index is 0.644. The van der Waals surface area contributed by atoms with E-state index in [0.29, 0.717) is 10.9 Å². The number of fused-ring (bicyclic) bond motifs is 1. The quantitative estimate of drug-likeness (QED) is 0.371. The van der Waals surface area contributed by atoms with Crippen LogP contribution >= 0.6 is 11.6 Å².